The Hall–Kier alpha value is -0.693. The topological polar surface area (TPSA) is 63.6 Å². The molecule has 0 fully saturated rings. The van der Waals surface area contributed by atoms with E-state index in [0.717, 1.165) is 12.0 Å². The van der Waals surface area contributed by atoms with Gasteiger partial charge in [-0.2, -0.15) is 8.42 Å². The van der Waals surface area contributed by atoms with Crippen LogP contribution in [0.3, 0.4) is 0 Å². The standard InChI is InChI=1S/C17H30O4SSi/c1-13-8-9-16(22(18,19)20)15(12-13)14(2)10-11-21-23(6,7)17(3,4)5/h8-9,12,14H,10-11H2,1-7H3,(H,18,19,20). The van der Waals surface area contributed by atoms with Gasteiger partial charge in [0.25, 0.3) is 10.1 Å². The molecule has 1 rings (SSSR count). The first-order chi connectivity index (χ1) is 10.3. The van der Waals surface area contributed by atoms with Crippen molar-refractivity contribution in [2.45, 2.75) is 70.0 Å². The summed E-state index contributed by atoms with van der Waals surface area (Å²) in [5, 5.41) is 0.152. The van der Waals surface area contributed by atoms with Crippen molar-refractivity contribution in [3.63, 3.8) is 0 Å². The minimum Gasteiger partial charge on any atom is -0.417 e. The molecule has 1 N–H and O–H groups in total. The molecular formula is C17H30O4SSi. The molecule has 0 aliphatic carbocycles. The molecule has 0 aliphatic heterocycles. The molecular weight excluding hydrogens is 328 g/mol. The lowest BCUT2D eigenvalue weighted by Gasteiger charge is -2.36. The number of aryl methyl sites for hydroxylation is 1. The zero-order valence-corrected chi connectivity index (χ0v) is 17.1. The second-order valence-corrected chi connectivity index (χ2v) is 14.0. The highest BCUT2D eigenvalue weighted by atomic mass is 32.2. The zero-order chi connectivity index (χ0) is 18.1. The van der Waals surface area contributed by atoms with Crippen molar-refractivity contribution in [3.05, 3.63) is 29.3 Å². The maximum atomic E-state index is 11.6. The Bertz CT molecular complexity index is 645. The third kappa shape index (κ3) is 5.41. The van der Waals surface area contributed by atoms with Crippen LogP contribution in [-0.4, -0.2) is 27.9 Å². The highest BCUT2D eigenvalue weighted by molar-refractivity contribution is 7.85. The molecule has 0 aromatic heterocycles. The smallest absolute Gasteiger partial charge is 0.294 e. The van der Waals surface area contributed by atoms with Crippen LogP contribution >= 0.6 is 0 Å². The van der Waals surface area contributed by atoms with E-state index in [4.69, 9.17) is 4.43 Å². The molecule has 6 heteroatoms. The van der Waals surface area contributed by atoms with Gasteiger partial charge in [-0.05, 0) is 49.0 Å². The molecule has 0 heterocycles. The van der Waals surface area contributed by atoms with E-state index in [0.29, 0.717) is 12.2 Å². The minimum absolute atomic E-state index is 0.00271. The van der Waals surface area contributed by atoms with E-state index in [1.54, 1.807) is 6.07 Å². The first-order valence-electron chi connectivity index (χ1n) is 7.98. The summed E-state index contributed by atoms with van der Waals surface area (Å²) in [6.45, 7) is 15.5. The fraction of sp³-hybridized carbons (Fsp3) is 0.647. The SMILES string of the molecule is Cc1ccc(S(=O)(=O)O)c(C(C)CCO[Si](C)(C)C(C)(C)C)c1. The largest absolute Gasteiger partial charge is 0.417 e. The Morgan fingerprint density at radius 3 is 2.30 bits per heavy atom. The van der Waals surface area contributed by atoms with Gasteiger partial charge in [0, 0.05) is 6.61 Å². The van der Waals surface area contributed by atoms with Gasteiger partial charge in [0.15, 0.2) is 8.32 Å². The van der Waals surface area contributed by atoms with Crippen LogP contribution in [0, 0.1) is 6.92 Å². The lowest BCUT2D eigenvalue weighted by atomic mass is 9.96. The van der Waals surface area contributed by atoms with Gasteiger partial charge in [0.1, 0.15) is 0 Å². The van der Waals surface area contributed by atoms with Crippen molar-refractivity contribution < 1.29 is 17.4 Å². The van der Waals surface area contributed by atoms with Crippen molar-refractivity contribution in [2.24, 2.45) is 0 Å². The molecule has 0 saturated heterocycles. The van der Waals surface area contributed by atoms with Crippen LogP contribution in [0.2, 0.25) is 18.1 Å². The summed E-state index contributed by atoms with van der Waals surface area (Å²) in [5.41, 5.74) is 1.64. The van der Waals surface area contributed by atoms with Gasteiger partial charge < -0.3 is 4.43 Å². The molecule has 0 bridgehead atoms. The molecule has 1 aromatic carbocycles. The van der Waals surface area contributed by atoms with E-state index in [1.165, 1.54) is 6.07 Å². The van der Waals surface area contributed by atoms with Crippen molar-refractivity contribution in [1.82, 2.24) is 0 Å². The van der Waals surface area contributed by atoms with Crippen LogP contribution in [-0.2, 0) is 14.5 Å². The predicted molar refractivity (Wildman–Crippen MR) is 97.2 cm³/mol. The average Bonchev–Trinajstić information content (AvgIpc) is 2.35. The zero-order valence-electron chi connectivity index (χ0n) is 15.3. The van der Waals surface area contributed by atoms with Gasteiger partial charge in [0.05, 0.1) is 4.90 Å². The highest BCUT2D eigenvalue weighted by Gasteiger charge is 2.37. The molecule has 0 radical (unpaired) electrons. The van der Waals surface area contributed by atoms with Gasteiger partial charge in [-0.3, -0.25) is 4.55 Å². The number of hydrogen-bond acceptors (Lipinski definition) is 3. The molecule has 23 heavy (non-hydrogen) atoms. The van der Waals surface area contributed by atoms with Crippen molar-refractivity contribution in [2.75, 3.05) is 6.61 Å². The molecule has 0 saturated carbocycles. The molecule has 132 valence electrons. The average molecular weight is 359 g/mol. The van der Waals surface area contributed by atoms with Crippen molar-refractivity contribution in [3.8, 4) is 0 Å². The first kappa shape index (κ1) is 20.4. The van der Waals surface area contributed by atoms with E-state index in [2.05, 4.69) is 33.9 Å². The molecule has 0 amide bonds. The maximum Gasteiger partial charge on any atom is 0.294 e. The molecule has 0 spiro atoms. The maximum absolute atomic E-state index is 11.6. The number of hydrogen-bond donors (Lipinski definition) is 1. The summed E-state index contributed by atoms with van der Waals surface area (Å²) >= 11 is 0. The Labute approximate surface area is 142 Å². The van der Waals surface area contributed by atoms with Crippen LogP contribution in [0.1, 0.15) is 51.2 Å². The summed E-state index contributed by atoms with van der Waals surface area (Å²) in [5.74, 6) is -0.00315. The van der Waals surface area contributed by atoms with E-state index in [-0.39, 0.29) is 15.9 Å². The Balaban J connectivity index is 2.88. The Kier molecular flexibility index (Phi) is 6.24. The predicted octanol–water partition coefficient (Wildman–Crippen LogP) is 4.76. The number of benzene rings is 1. The lowest BCUT2D eigenvalue weighted by Crippen LogP contribution is -2.41. The second kappa shape index (κ2) is 7.05. The molecule has 1 unspecified atom stereocenters. The van der Waals surface area contributed by atoms with E-state index in [1.807, 2.05) is 19.9 Å². The molecule has 4 nitrogen and oxygen atoms in total. The lowest BCUT2D eigenvalue weighted by molar-refractivity contribution is 0.273. The third-order valence-corrected chi connectivity index (χ3v) is 10.3. The van der Waals surface area contributed by atoms with E-state index >= 15 is 0 Å². The fourth-order valence-electron chi connectivity index (χ4n) is 2.15. The molecule has 1 aromatic rings. The number of rotatable bonds is 6. The van der Waals surface area contributed by atoms with Crippen LogP contribution in [0.15, 0.2) is 23.1 Å². The summed E-state index contributed by atoms with van der Waals surface area (Å²) in [7, 11) is -6.01. The van der Waals surface area contributed by atoms with Crippen LogP contribution in [0.25, 0.3) is 0 Å². The summed E-state index contributed by atoms with van der Waals surface area (Å²) in [4.78, 5) is 0.00271. The minimum atomic E-state index is -4.20. The van der Waals surface area contributed by atoms with Gasteiger partial charge in [0.2, 0.25) is 0 Å². The highest BCUT2D eigenvalue weighted by Crippen LogP contribution is 2.37. The van der Waals surface area contributed by atoms with Crippen molar-refractivity contribution in [1.29, 1.82) is 0 Å². The Morgan fingerprint density at radius 2 is 1.83 bits per heavy atom. The van der Waals surface area contributed by atoms with Gasteiger partial charge in [-0.15, -0.1) is 0 Å². The van der Waals surface area contributed by atoms with Crippen LogP contribution in [0.4, 0.5) is 0 Å². The van der Waals surface area contributed by atoms with E-state index in [9.17, 15) is 13.0 Å². The third-order valence-electron chi connectivity index (χ3n) is 4.79. The first-order valence-corrected chi connectivity index (χ1v) is 12.3. The fourth-order valence-corrected chi connectivity index (χ4v) is 4.01. The summed E-state index contributed by atoms with van der Waals surface area (Å²) < 4.78 is 38.7. The van der Waals surface area contributed by atoms with Gasteiger partial charge in [-0.25, -0.2) is 0 Å². The summed E-state index contributed by atoms with van der Waals surface area (Å²) in [6.07, 6.45) is 0.721. The van der Waals surface area contributed by atoms with Gasteiger partial charge >= 0.3 is 0 Å². The monoisotopic (exact) mass is 358 g/mol. The van der Waals surface area contributed by atoms with Crippen molar-refractivity contribution >= 4 is 18.4 Å². The van der Waals surface area contributed by atoms with Crippen LogP contribution in [0.5, 0.6) is 0 Å². The normalized spacial score (nSPS) is 14.8. The van der Waals surface area contributed by atoms with E-state index < -0.39 is 18.4 Å². The molecule has 1 atom stereocenters. The summed E-state index contributed by atoms with van der Waals surface area (Å²) in [6, 6.07) is 5.01. The van der Waals surface area contributed by atoms with Gasteiger partial charge in [-0.1, -0.05) is 45.4 Å². The quantitative estimate of drug-likeness (QED) is 0.588. The Morgan fingerprint density at radius 1 is 1.26 bits per heavy atom. The molecule has 0 aliphatic rings. The van der Waals surface area contributed by atoms with Crippen LogP contribution < -0.4 is 0 Å². The second-order valence-electron chi connectivity index (χ2n) is 7.81.